The van der Waals surface area contributed by atoms with Crippen molar-refractivity contribution in [3.05, 3.63) is 12.4 Å². The number of amides is 1. The summed E-state index contributed by atoms with van der Waals surface area (Å²) in [6.45, 7) is 0. The van der Waals surface area contributed by atoms with Crippen LogP contribution >= 0.6 is 0 Å². The number of hydrogen-bond acceptors (Lipinski definition) is 3. The number of anilines is 1. The minimum atomic E-state index is -0.869. The largest absolute Gasteiger partial charge is 0.481 e. The molecule has 2 rings (SSSR count). The molecule has 0 bridgehead atoms. The molecule has 6 heteroatoms. The molecule has 98 valence electrons. The van der Waals surface area contributed by atoms with Crippen LogP contribution in [-0.4, -0.2) is 26.8 Å². The summed E-state index contributed by atoms with van der Waals surface area (Å²) in [6.07, 6.45) is 6.20. The topological polar surface area (TPSA) is 84.2 Å². The summed E-state index contributed by atoms with van der Waals surface area (Å²) in [5, 5.41) is 15.9. The third-order valence-electron chi connectivity index (χ3n) is 3.50. The Hall–Kier alpha value is -1.85. The lowest BCUT2D eigenvalue weighted by molar-refractivity contribution is -0.150. The Labute approximate surface area is 105 Å². The molecule has 18 heavy (non-hydrogen) atoms. The molecule has 1 saturated carbocycles. The van der Waals surface area contributed by atoms with Crippen molar-refractivity contribution >= 4 is 17.6 Å². The van der Waals surface area contributed by atoms with E-state index in [0.717, 1.165) is 12.8 Å². The van der Waals surface area contributed by atoms with Crippen LogP contribution in [0.1, 0.15) is 32.1 Å². The summed E-state index contributed by atoms with van der Waals surface area (Å²) in [5.74, 6) is -1.12. The van der Waals surface area contributed by atoms with Crippen molar-refractivity contribution in [3.63, 3.8) is 0 Å². The summed E-state index contributed by atoms with van der Waals surface area (Å²) in [4.78, 5) is 23.2. The maximum atomic E-state index is 11.9. The zero-order valence-electron chi connectivity index (χ0n) is 10.3. The first kappa shape index (κ1) is 12.6. The van der Waals surface area contributed by atoms with Crippen LogP contribution in [0.15, 0.2) is 12.4 Å². The summed E-state index contributed by atoms with van der Waals surface area (Å²) in [5.41, 5.74) is -0.271. The number of aryl methyl sites for hydroxylation is 1. The van der Waals surface area contributed by atoms with Gasteiger partial charge in [-0.25, -0.2) is 0 Å². The van der Waals surface area contributed by atoms with Gasteiger partial charge in [0.15, 0.2) is 0 Å². The van der Waals surface area contributed by atoms with Gasteiger partial charge in [-0.05, 0) is 12.8 Å². The fraction of sp³-hybridized carbons (Fsp3) is 0.583. The van der Waals surface area contributed by atoms with Gasteiger partial charge in [0, 0.05) is 19.7 Å². The van der Waals surface area contributed by atoms with Crippen LogP contribution in [-0.2, 0) is 16.6 Å². The number of carboxylic acids is 1. The maximum absolute atomic E-state index is 11.9. The molecule has 1 aromatic heterocycles. The Kier molecular flexibility index (Phi) is 3.36. The van der Waals surface area contributed by atoms with E-state index < -0.39 is 11.4 Å². The summed E-state index contributed by atoms with van der Waals surface area (Å²) < 4.78 is 1.58. The fourth-order valence-corrected chi connectivity index (χ4v) is 2.52. The Morgan fingerprint density at radius 3 is 2.67 bits per heavy atom. The van der Waals surface area contributed by atoms with E-state index in [0.29, 0.717) is 18.5 Å². The van der Waals surface area contributed by atoms with Crippen molar-refractivity contribution in [2.75, 3.05) is 5.32 Å². The van der Waals surface area contributed by atoms with Crippen molar-refractivity contribution < 1.29 is 14.7 Å². The van der Waals surface area contributed by atoms with Gasteiger partial charge in [-0.15, -0.1) is 0 Å². The number of aromatic nitrogens is 2. The average Bonchev–Trinajstić information content (AvgIpc) is 2.89. The Morgan fingerprint density at radius 1 is 1.50 bits per heavy atom. The molecule has 1 aromatic rings. The highest BCUT2D eigenvalue weighted by atomic mass is 16.4. The van der Waals surface area contributed by atoms with Crippen LogP contribution < -0.4 is 5.32 Å². The van der Waals surface area contributed by atoms with Crippen molar-refractivity contribution in [2.45, 2.75) is 32.1 Å². The summed E-state index contributed by atoms with van der Waals surface area (Å²) in [6, 6.07) is 0. The lowest BCUT2D eigenvalue weighted by atomic mass is 9.82. The van der Waals surface area contributed by atoms with Crippen LogP contribution in [0.2, 0.25) is 0 Å². The number of aliphatic carboxylic acids is 1. The van der Waals surface area contributed by atoms with E-state index in [1.165, 1.54) is 0 Å². The van der Waals surface area contributed by atoms with Gasteiger partial charge in [-0.3, -0.25) is 14.3 Å². The molecule has 1 amide bonds. The Bertz CT molecular complexity index is 461. The second-order valence-electron chi connectivity index (χ2n) is 4.92. The molecule has 0 aliphatic heterocycles. The van der Waals surface area contributed by atoms with Crippen LogP contribution in [0.3, 0.4) is 0 Å². The Balaban J connectivity index is 1.99. The van der Waals surface area contributed by atoms with E-state index in [1.807, 2.05) is 0 Å². The maximum Gasteiger partial charge on any atom is 0.310 e. The normalized spacial score (nSPS) is 17.6. The molecular formula is C12H17N3O3. The van der Waals surface area contributed by atoms with Gasteiger partial charge in [-0.2, -0.15) is 5.10 Å². The smallest absolute Gasteiger partial charge is 0.310 e. The first-order valence-electron chi connectivity index (χ1n) is 6.04. The molecule has 0 unspecified atom stereocenters. The van der Waals surface area contributed by atoms with E-state index in [2.05, 4.69) is 10.4 Å². The molecular weight excluding hydrogens is 234 g/mol. The van der Waals surface area contributed by atoms with Gasteiger partial charge in [0.05, 0.1) is 17.3 Å². The molecule has 6 nitrogen and oxygen atoms in total. The first-order valence-corrected chi connectivity index (χ1v) is 6.04. The van der Waals surface area contributed by atoms with Crippen LogP contribution in [0.25, 0.3) is 0 Å². The number of hydrogen-bond donors (Lipinski definition) is 2. The Morgan fingerprint density at radius 2 is 2.17 bits per heavy atom. The quantitative estimate of drug-likeness (QED) is 0.847. The van der Waals surface area contributed by atoms with E-state index in [-0.39, 0.29) is 12.3 Å². The summed E-state index contributed by atoms with van der Waals surface area (Å²) in [7, 11) is 1.76. The summed E-state index contributed by atoms with van der Waals surface area (Å²) >= 11 is 0. The highest BCUT2D eigenvalue weighted by Gasteiger charge is 2.42. The zero-order chi connectivity index (χ0) is 13.2. The van der Waals surface area contributed by atoms with E-state index in [1.54, 1.807) is 24.1 Å². The van der Waals surface area contributed by atoms with E-state index in [4.69, 9.17) is 0 Å². The van der Waals surface area contributed by atoms with Crippen molar-refractivity contribution in [2.24, 2.45) is 12.5 Å². The number of nitrogens with zero attached hydrogens (tertiary/aromatic N) is 2. The second-order valence-corrected chi connectivity index (χ2v) is 4.92. The third kappa shape index (κ3) is 2.52. The third-order valence-corrected chi connectivity index (χ3v) is 3.50. The van der Waals surface area contributed by atoms with Crippen LogP contribution in [0.5, 0.6) is 0 Å². The predicted molar refractivity (Wildman–Crippen MR) is 65.0 cm³/mol. The molecule has 0 spiro atoms. The van der Waals surface area contributed by atoms with Crippen molar-refractivity contribution in [3.8, 4) is 0 Å². The standard InChI is InChI=1S/C12H17N3O3/c1-15-8-9(7-13-15)14-10(16)6-12(11(17)18)4-2-3-5-12/h7-8H,2-6H2,1H3,(H,14,16)(H,17,18). The highest BCUT2D eigenvalue weighted by molar-refractivity contribution is 5.94. The SMILES string of the molecule is Cn1cc(NC(=O)CC2(C(=O)O)CCCC2)cn1. The average molecular weight is 251 g/mol. The highest BCUT2D eigenvalue weighted by Crippen LogP contribution is 2.41. The molecule has 2 N–H and O–H groups in total. The fourth-order valence-electron chi connectivity index (χ4n) is 2.52. The molecule has 1 heterocycles. The molecule has 1 aliphatic rings. The second kappa shape index (κ2) is 4.80. The monoisotopic (exact) mass is 251 g/mol. The molecule has 0 saturated heterocycles. The number of rotatable bonds is 4. The van der Waals surface area contributed by atoms with Crippen LogP contribution in [0, 0.1) is 5.41 Å². The number of carbonyl (C=O) groups excluding carboxylic acids is 1. The minimum Gasteiger partial charge on any atom is -0.481 e. The minimum absolute atomic E-state index is 0.0389. The number of nitrogens with one attached hydrogen (secondary N) is 1. The number of carboxylic acid groups (broad SMARTS) is 1. The first-order chi connectivity index (χ1) is 8.52. The number of carbonyl (C=O) groups is 2. The lowest BCUT2D eigenvalue weighted by Gasteiger charge is -2.22. The van der Waals surface area contributed by atoms with Gasteiger partial charge in [-0.1, -0.05) is 12.8 Å². The lowest BCUT2D eigenvalue weighted by Crippen LogP contribution is -2.32. The molecule has 0 aromatic carbocycles. The van der Waals surface area contributed by atoms with Crippen molar-refractivity contribution in [1.82, 2.24) is 9.78 Å². The zero-order valence-corrected chi connectivity index (χ0v) is 10.3. The van der Waals surface area contributed by atoms with E-state index in [9.17, 15) is 14.7 Å². The molecule has 0 radical (unpaired) electrons. The van der Waals surface area contributed by atoms with Crippen molar-refractivity contribution in [1.29, 1.82) is 0 Å². The van der Waals surface area contributed by atoms with Gasteiger partial charge in [0.2, 0.25) is 5.91 Å². The van der Waals surface area contributed by atoms with E-state index >= 15 is 0 Å². The molecule has 1 aliphatic carbocycles. The molecule has 1 fully saturated rings. The van der Waals surface area contributed by atoms with Gasteiger partial charge in [0.25, 0.3) is 0 Å². The van der Waals surface area contributed by atoms with Gasteiger partial charge in [0.1, 0.15) is 0 Å². The van der Waals surface area contributed by atoms with Gasteiger partial charge < -0.3 is 10.4 Å². The van der Waals surface area contributed by atoms with Gasteiger partial charge >= 0.3 is 5.97 Å². The predicted octanol–water partition coefficient (Wildman–Crippen LogP) is 1.39. The van der Waals surface area contributed by atoms with Crippen LogP contribution in [0.4, 0.5) is 5.69 Å². The molecule has 0 atom stereocenters.